The van der Waals surface area contributed by atoms with E-state index in [4.69, 9.17) is 0 Å². The Morgan fingerprint density at radius 1 is 0.821 bits per heavy atom. The van der Waals surface area contributed by atoms with Crippen LogP contribution in [-0.2, 0) is 0 Å². The van der Waals surface area contributed by atoms with Crippen molar-refractivity contribution in [3.63, 3.8) is 0 Å². The Labute approximate surface area is 179 Å². The number of carbonyl (C=O) groups excluding carboxylic acids is 1. The lowest BCUT2D eigenvalue weighted by atomic mass is 9.95. The first-order valence-electron chi connectivity index (χ1n) is 8.61. The number of phenols is 1. The van der Waals surface area contributed by atoms with Crippen LogP contribution in [0, 0.1) is 0 Å². The summed E-state index contributed by atoms with van der Waals surface area (Å²) in [5.74, 6) is -0.0855. The number of amides is 1. The fourth-order valence-electron chi connectivity index (χ4n) is 3.24. The van der Waals surface area contributed by atoms with Crippen molar-refractivity contribution in [3.05, 3.63) is 93.4 Å². The molecule has 0 aliphatic rings. The lowest BCUT2D eigenvalue weighted by molar-refractivity contribution is 0.102. The average Bonchev–Trinajstić information content (AvgIpc) is 2.69. The van der Waals surface area contributed by atoms with Crippen molar-refractivity contribution in [3.8, 4) is 16.9 Å². The summed E-state index contributed by atoms with van der Waals surface area (Å²) in [5.41, 5.74) is 2.59. The molecule has 2 N–H and O–H groups in total. The highest BCUT2D eigenvalue weighted by atomic mass is 79.9. The Hall–Kier alpha value is -2.63. The van der Waals surface area contributed by atoms with Gasteiger partial charge in [0.25, 0.3) is 5.91 Å². The van der Waals surface area contributed by atoms with Crippen LogP contribution < -0.4 is 5.32 Å². The molecule has 0 unspecified atom stereocenters. The largest absolute Gasteiger partial charge is 0.507 e. The number of carbonyl (C=O) groups is 1. The van der Waals surface area contributed by atoms with Crippen molar-refractivity contribution in [1.29, 1.82) is 0 Å². The first-order chi connectivity index (χ1) is 13.5. The van der Waals surface area contributed by atoms with Gasteiger partial charge >= 0.3 is 0 Å². The predicted molar refractivity (Wildman–Crippen MR) is 121 cm³/mol. The van der Waals surface area contributed by atoms with Crippen molar-refractivity contribution < 1.29 is 9.90 Å². The van der Waals surface area contributed by atoms with Crippen LogP contribution in [0.2, 0.25) is 0 Å². The van der Waals surface area contributed by atoms with E-state index in [0.717, 1.165) is 25.3 Å². The Morgan fingerprint density at radius 2 is 1.54 bits per heavy atom. The molecule has 4 aromatic rings. The van der Waals surface area contributed by atoms with Gasteiger partial charge in [0.15, 0.2) is 0 Å². The van der Waals surface area contributed by atoms with Crippen molar-refractivity contribution in [2.75, 3.05) is 5.32 Å². The molecule has 4 rings (SSSR count). The minimum atomic E-state index is -0.204. The third kappa shape index (κ3) is 3.55. The van der Waals surface area contributed by atoms with E-state index in [9.17, 15) is 9.90 Å². The van der Waals surface area contributed by atoms with Gasteiger partial charge in [-0.1, -0.05) is 64.5 Å². The van der Waals surface area contributed by atoms with Crippen molar-refractivity contribution in [2.45, 2.75) is 0 Å². The molecule has 0 aliphatic carbocycles. The molecule has 1 amide bonds. The molecule has 5 heteroatoms. The molecule has 28 heavy (non-hydrogen) atoms. The summed E-state index contributed by atoms with van der Waals surface area (Å²) >= 11 is 6.96. The molecule has 0 spiro atoms. The first-order valence-corrected chi connectivity index (χ1v) is 10.2. The van der Waals surface area contributed by atoms with Gasteiger partial charge in [-0.25, -0.2) is 0 Å². The van der Waals surface area contributed by atoms with Crippen LogP contribution in [0.3, 0.4) is 0 Å². The van der Waals surface area contributed by atoms with Crippen LogP contribution in [0.25, 0.3) is 21.9 Å². The molecule has 138 valence electrons. The van der Waals surface area contributed by atoms with E-state index in [1.165, 1.54) is 0 Å². The highest BCUT2D eigenvalue weighted by molar-refractivity contribution is 9.11. The standard InChI is InChI=1S/C23H15Br2NO2/c24-16-12-18(25)22(20(27)13-16)21-17-9-5-4-6-14(17)10-11-19(21)26-23(28)15-7-2-1-3-8-15/h1-13,27H,(H,26,28). The molecule has 4 aromatic carbocycles. The van der Waals surface area contributed by atoms with Crippen LogP contribution >= 0.6 is 31.9 Å². The lowest BCUT2D eigenvalue weighted by Gasteiger charge is -2.17. The van der Waals surface area contributed by atoms with Gasteiger partial charge in [-0.3, -0.25) is 4.79 Å². The SMILES string of the molecule is O=C(Nc1ccc2ccccc2c1-c1c(O)cc(Br)cc1Br)c1ccccc1. The molecular weight excluding hydrogens is 482 g/mol. The molecule has 0 radical (unpaired) electrons. The van der Waals surface area contributed by atoms with Crippen LogP contribution in [0.15, 0.2) is 87.8 Å². The second-order valence-corrected chi connectivity index (χ2v) is 8.08. The summed E-state index contributed by atoms with van der Waals surface area (Å²) < 4.78 is 1.49. The Kier molecular flexibility index (Phi) is 5.20. The summed E-state index contributed by atoms with van der Waals surface area (Å²) in [6.45, 7) is 0. The number of hydrogen-bond acceptors (Lipinski definition) is 2. The fourth-order valence-corrected chi connectivity index (χ4v) is 4.64. The van der Waals surface area contributed by atoms with Gasteiger partial charge in [-0.05, 0) is 57.0 Å². The summed E-state index contributed by atoms with van der Waals surface area (Å²) in [6, 6.07) is 24.3. The van der Waals surface area contributed by atoms with Crippen LogP contribution in [-0.4, -0.2) is 11.0 Å². The van der Waals surface area contributed by atoms with Gasteiger partial charge in [0.05, 0.1) is 0 Å². The molecule has 0 aliphatic heterocycles. The zero-order chi connectivity index (χ0) is 19.7. The highest BCUT2D eigenvalue weighted by Gasteiger charge is 2.19. The number of halogens is 2. The van der Waals surface area contributed by atoms with Gasteiger partial charge in [0.2, 0.25) is 0 Å². The van der Waals surface area contributed by atoms with Crippen molar-refractivity contribution in [1.82, 2.24) is 0 Å². The zero-order valence-corrected chi connectivity index (χ0v) is 17.8. The summed E-state index contributed by atoms with van der Waals surface area (Å²) in [4.78, 5) is 12.8. The van der Waals surface area contributed by atoms with Crippen molar-refractivity contribution >= 4 is 54.2 Å². The molecule has 0 saturated heterocycles. The molecule has 0 bridgehead atoms. The number of nitrogens with one attached hydrogen (secondary N) is 1. The number of benzene rings is 4. The Bertz CT molecular complexity index is 1170. The lowest BCUT2D eigenvalue weighted by Crippen LogP contribution is -2.12. The molecule has 0 aromatic heterocycles. The van der Waals surface area contributed by atoms with Crippen molar-refractivity contribution in [2.24, 2.45) is 0 Å². The van der Waals surface area contributed by atoms with Gasteiger partial charge in [-0.15, -0.1) is 0 Å². The van der Waals surface area contributed by atoms with E-state index in [1.807, 2.05) is 60.7 Å². The maximum absolute atomic E-state index is 12.8. The van der Waals surface area contributed by atoms with Gasteiger partial charge < -0.3 is 10.4 Å². The number of fused-ring (bicyclic) bond motifs is 1. The minimum Gasteiger partial charge on any atom is -0.507 e. The van der Waals surface area contributed by atoms with E-state index in [1.54, 1.807) is 18.2 Å². The normalized spacial score (nSPS) is 10.8. The van der Waals surface area contributed by atoms with E-state index >= 15 is 0 Å². The summed E-state index contributed by atoms with van der Waals surface area (Å²) in [6.07, 6.45) is 0. The molecule has 0 heterocycles. The summed E-state index contributed by atoms with van der Waals surface area (Å²) in [7, 11) is 0. The third-order valence-electron chi connectivity index (χ3n) is 4.50. The van der Waals surface area contributed by atoms with Gasteiger partial charge in [0, 0.05) is 31.3 Å². The predicted octanol–water partition coefficient (Wildman–Crippen LogP) is 6.99. The second kappa shape index (κ2) is 7.78. The number of aromatic hydroxyl groups is 1. The Morgan fingerprint density at radius 3 is 2.29 bits per heavy atom. The van der Waals surface area contributed by atoms with Gasteiger partial charge in [0.1, 0.15) is 5.75 Å². The zero-order valence-electron chi connectivity index (χ0n) is 14.6. The molecule has 3 nitrogen and oxygen atoms in total. The molecule has 0 saturated carbocycles. The number of anilines is 1. The molecule has 0 fully saturated rings. The number of rotatable bonds is 3. The van der Waals surface area contributed by atoms with E-state index in [0.29, 0.717) is 16.8 Å². The maximum atomic E-state index is 12.8. The summed E-state index contributed by atoms with van der Waals surface area (Å²) in [5, 5.41) is 15.6. The van der Waals surface area contributed by atoms with E-state index in [2.05, 4.69) is 37.2 Å². The number of phenolic OH excluding ortho intramolecular Hbond substituents is 1. The van der Waals surface area contributed by atoms with Crippen LogP contribution in [0.5, 0.6) is 5.75 Å². The van der Waals surface area contributed by atoms with Crippen LogP contribution in [0.1, 0.15) is 10.4 Å². The quantitative estimate of drug-likeness (QED) is 0.321. The highest BCUT2D eigenvalue weighted by Crippen LogP contribution is 2.45. The fraction of sp³-hybridized carbons (Fsp3) is 0. The smallest absolute Gasteiger partial charge is 0.255 e. The molecular formula is C23H15Br2NO2. The van der Waals surface area contributed by atoms with E-state index < -0.39 is 0 Å². The first kappa shape index (κ1) is 18.7. The average molecular weight is 497 g/mol. The maximum Gasteiger partial charge on any atom is 0.255 e. The van der Waals surface area contributed by atoms with E-state index in [-0.39, 0.29) is 11.7 Å². The second-order valence-electron chi connectivity index (χ2n) is 6.31. The third-order valence-corrected chi connectivity index (χ3v) is 5.58. The van der Waals surface area contributed by atoms with Gasteiger partial charge in [-0.2, -0.15) is 0 Å². The minimum absolute atomic E-state index is 0.118. The number of hydrogen-bond donors (Lipinski definition) is 2. The molecule has 0 atom stereocenters. The van der Waals surface area contributed by atoms with Crippen LogP contribution in [0.4, 0.5) is 5.69 Å². The Balaban J connectivity index is 1.93. The monoisotopic (exact) mass is 495 g/mol. The topological polar surface area (TPSA) is 49.3 Å².